The van der Waals surface area contributed by atoms with E-state index in [9.17, 15) is 0 Å². The highest BCUT2D eigenvalue weighted by Gasteiger charge is 2.14. The maximum Gasteiger partial charge on any atom is 0.268 e. The number of nitrogen functional groups attached to an aromatic ring is 1. The van der Waals surface area contributed by atoms with Gasteiger partial charge in [-0.1, -0.05) is 12.1 Å². The standard InChI is InChI=1S/C13H15N3O3/c1-3-18-9-6-4-5-7-10(9)19-13-11(17-2)12(14)15-8-16-13/h4-8H,3H2,1-2H3,(H2,14,15,16). The van der Waals surface area contributed by atoms with Crippen LogP contribution in [-0.2, 0) is 0 Å². The molecule has 0 saturated carbocycles. The molecule has 0 bridgehead atoms. The predicted octanol–water partition coefficient (Wildman–Crippen LogP) is 2.26. The largest absolute Gasteiger partial charge is 0.490 e. The molecule has 0 spiro atoms. The van der Waals surface area contributed by atoms with E-state index in [1.165, 1.54) is 13.4 Å². The molecule has 0 atom stereocenters. The van der Waals surface area contributed by atoms with Gasteiger partial charge in [-0.05, 0) is 19.1 Å². The average molecular weight is 261 g/mol. The van der Waals surface area contributed by atoms with E-state index >= 15 is 0 Å². The molecule has 0 amide bonds. The van der Waals surface area contributed by atoms with Gasteiger partial charge in [0.25, 0.3) is 5.88 Å². The Morgan fingerprint density at radius 3 is 2.58 bits per heavy atom. The topological polar surface area (TPSA) is 79.5 Å². The Morgan fingerprint density at radius 1 is 1.16 bits per heavy atom. The number of nitrogens with zero attached hydrogens (tertiary/aromatic N) is 2. The van der Waals surface area contributed by atoms with Gasteiger partial charge in [0.05, 0.1) is 13.7 Å². The Bertz CT molecular complexity index is 561. The van der Waals surface area contributed by atoms with E-state index in [-0.39, 0.29) is 11.7 Å². The van der Waals surface area contributed by atoms with Crippen molar-refractivity contribution in [3.63, 3.8) is 0 Å². The second-order valence-corrected chi connectivity index (χ2v) is 3.58. The summed E-state index contributed by atoms with van der Waals surface area (Å²) in [6.45, 7) is 2.45. The van der Waals surface area contributed by atoms with Crippen molar-refractivity contribution in [2.45, 2.75) is 6.92 Å². The number of rotatable bonds is 5. The predicted molar refractivity (Wildman–Crippen MR) is 70.7 cm³/mol. The van der Waals surface area contributed by atoms with Gasteiger partial charge in [0.15, 0.2) is 17.3 Å². The molecule has 19 heavy (non-hydrogen) atoms. The molecular formula is C13H15N3O3. The first-order valence-electron chi connectivity index (χ1n) is 5.80. The first-order chi connectivity index (χ1) is 9.26. The zero-order valence-corrected chi connectivity index (χ0v) is 10.8. The van der Waals surface area contributed by atoms with Crippen LogP contribution in [0.25, 0.3) is 0 Å². The minimum Gasteiger partial charge on any atom is -0.490 e. The zero-order chi connectivity index (χ0) is 13.7. The highest BCUT2D eigenvalue weighted by Crippen LogP contribution is 2.36. The van der Waals surface area contributed by atoms with Crippen LogP contribution in [0.2, 0.25) is 0 Å². The third-order valence-corrected chi connectivity index (χ3v) is 2.36. The van der Waals surface area contributed by atoms with Gasteiger partial charge < -0.3 is 19.9 Å². The fourth-order valence-corrected chi connectivity index (χ4v) is 1.55. The fourth-order valence-electron chi connectivity index (χ4n) is 1.55. The molecule has 0 aliphatic carbocycles. The van der Waals surface area contributed by atoms with Crippen LogP contribution in [0.3, 0.4) is 0 Å². The molecule has 6 heteroatoms. The number of nitrogens with two attached hydrogens (primary N) is 1. The lowest BCUT2D eigenvalue weighted by molar-refractivity contribution is 0.313. The molecule has 0 fully saturated rings. The summed E-state index contributed by atoms with van der Waals surface area (Å²) in [5.74, 6) is 1.95. The molecule has 1 heterocycles. The van der Waals surface area contributed by atoms with Crippen LogP contribution >= 0.6 is 0 Å². The zero-order valence-electron chi connectivity index (χ0n) is 10.8. The summed E-state index contributed by atoms with van der Waals surface area (Å²) >= 11 is 0. The highest BCUT2D eigenvalue weighted by molar-refractivity contribution is 5.53. The van der Waals surface area contributed by atoms with Gasteiger partial charge in [-0.25, -0.2) is 4.98 Å². The van der Waals surface area contributed by atoms with Crippen molar-refractivity contribution in [2.24, 2.45) is 0 Å². The van der Waals surface area contributed by atoms with Gasteiger partial charge in [0.2, 0.25) is 5.75 Å². The van der Waals surface area contributed by atoms with E-state index in [1.54, 1.807) is 6.07 Å². The fraction of sp³-hybridized carbons (Fsp3) is 0.231. The smallest absolute Gasteiger partial charge is 0.268 e. The van der Waals surface area contributed by atoms with Crippen LogP contribution in [0.15, 0.2) is 30.6 Å². The van der Waals surface area contributed by atoms with Crippen molar-refractivity contribution in [3.8, 4) is 23.1 Å². The number of hydrogen-bond acceptors (Lipinski definition) is 6. The van der Waals surface area contributed by atoms with Crippen molar-refractivity contribution >= 4 is 5.82 Å². The Hall–Kier alpha value is -2.50. The summed E-state index contributed by atoms with van der Waals surface area (Å²) in [5, 5.41) is 0. The molecule has 100 valence electrons. The molecule has 1 aromatic carbocycles. The second kappa shape index (κ2) is 5.90. The molecule has 2 aromatic rings. The van der Waals surface area contributed by atoms with Gasteiger partial charge in [-0.3, -0.25) is 0 Å². The number of ether oxygens (including phenoxy) is 3. The monoisotopic (exact) mass is 261 g/mol. The van der Waals surface area contributed by atoms with Gasteiger partial charge in [-0.15, -0.1) is 0 Å². The van der Waals surface area contributed by atoms with Crippen LogP contribution in [0.1, 0.15) is 6.92 Å². The van der Waals surface area contributed by atoms with E-state index < -0.39 is 0 Å². The average Bonchev–Trinajstić information content (AvgIpc) is 2.41. The quantitative estimate of drug-likeness (QED) is 0.889. The minimum atomic E-state index is 0.224. The third-order valence-electron chi connectivity index (χ3n) is 2.36. The minimum absolute atomic E-state index is 0.224. The summed E-state index contributed by atoms with van der Waals surface area (Å²) < 4.78 is 16.3. The van der Waals surface area contributed by atoms with Crippen molar-refractivity contribution < 1.29 is 14.2 Å². The SMILES string of the molecule is CCOc1ccccc1Oc1ncnc(N)c1OC. The molecule has 0 aliphatic heterocycles. The maximum atomic E-state index is 5.69. The van der Waals surface area contributed by atoms with Gasteiger partial charge in [0, 0.05) is 0 Å². The Labute approximate surface area is 111 Å². The van der Waals surface area contributed by atoms with E-state index in [2.05, 4.69) is 9.97 Å². The molecule has 2 N–H and O–H groups in total. The Morgan fingerprint density at radius 2 is 1.89 bits per heavy atom. The second-order valence-electron chi connectivity index (χ2n) is 3.58. The van der Waals surface area contributed by atoms with E-state index in [0.29, 0.717) is 23.9 Å². The molecule has 0 radical (unpaired) electrons. The van der Waals surface area contributed by atoms with Crippen LogP contribution in [0.4, 0.5) is 5.82 Å². The molecule has 2 rings (SSSR count). The summed E-state index contributed by atoms with van der Waals surface area (Å²) in [5.41, 5.74) is 5.69. The Kier molecular flexibility index (Phi) is 4.02. The number of hydrogen-bond donors (Lipinski definition) is 1. The van der Waals surface area contributed by atoms with Crippen LogP contribution in [-0.4, -0.2) is 23.7 Å². The van der Waals surface area contributed by atoms with Crippen LogP contribution in [0.5, 0.6) is 23.1 Å². The van der Waals surface area contributed by atoms with E-state index in [0.717, 1.165) is 0 Å². The number of benzene rings is 1. The normalized spacial score (nSPS) is 10.0. The first-order valence-corrected chi connectivity index (χ1v) is 5.80. The lowest BCUT2D eigenvalue weighted by Gasteiger charge is -2.12. The number of aromatic nitrogens is 2. The molecule has 6 nitrogen and oxygen atoms in total. The molecule has 1 aromatic heterocycles. The summed E-state index contributed by atoms with van der Waals surface area (Å²) in [7, 11) is 1.48. The number of anilines is 1. The van der Waals surface area contributed by atoms with Gasteiger partial charge in [0.1, 0.15) is 6.33 Å². The number of methoxy groups -OCH3 is 1. The summed E-state index contributed by atoms with van der Waals surface area (Å²) in [6.07, 6.45) is 1.32. The van der Waals surface area contributed by atoms with Crippen LogP contribution in [0, 0.1) is 0 Å². The number of para-hydroxylation sites is 2. The molecule has 0 unspecified atom stereocenters. The van der Waals surface area contributed by atoms with Gasteiger partial charge >= 0.3 is 0 Å². The molecular weight excluding hydrogens is 246 g/mol. The van der Waals surface area contributed by atoms with E-state index in [1.807, 2.05) is 25.1 Å². The van der Waals surface area contributed by atoms with Crippen molar-refractivity contribution in [1.82, 2.24) is 9.97 Å². The lowest BCUT2D eigenvalue weighted by Crippen LogP contribution is -2.01. The van der Waals surface area contributed by atoms with E-state index in [4.69, 9.17) is 19.9 Å². The molecule has 0 saturated heterocycles. The third kappa shape index (κ3) is 2.85. The highest BCUT2D eigenvalue weighted by atomic mass is 16.5. The van der Waals surface area contributed by atoms with Gasteiger partial charge in [-0.2, -0.15) is 4.98 Å². The summed E-state index contributed by atoms with van der Waals surface area (Å²) in [6, 6.07) is 7.30. The van der Waals surface area contributed by atoms with Crippen LogP contribution < -0.4 is 19.9 Å². The molecule has 0 aliphatic rings. The van der Waals surface area contributed by atoms with Crippen molar-refractivity contribution in [2.75, 3.05) is 19.5 Å². The van der Waals surface area contributed by atoms with Crippen molar-refractivity contribution in [1.29, 1.82) is 0 Å². The lowest BCUT2D eigenvalue weighted by atomic mass is 10.3. The summed E-state index contributed by atoms with van der Waals surface area (Å²) in [4.78, 5) is 7.85. The first kappa shape index (κ1) is 12.9. The maximum absolute atomic E-state index is 5.69. The van der Waals surface area contributed by atoms with Crippen molar-refractivity contribution in [3.05, 3.63) is 30.6 Å². The Balaban J connectivity index is 2.33.